The van der Waals surface area contributed by atoms with Crippen LogP contribution in [0.2, 0.25) is 0 Å². The molecular weight excluding hydrogens is 599 g/mol. The predicted molar refractivity (Wildman–Crippen MR) is 204 cm³/mol. The highest BCUT2D eigenvalue weighted by Gasteiger charge is 2.17. The summed E-state index contributed by atoms with van der Waals surface area (Å²) in [5, 5.41) is 6.76. The second kappa shape index (κ2) is 11.0. The van der Waals surface area contributed by atoms with Crippen molar-refractivity contribution < 1.29 is 10.2 Å². The highest BCUT2D eigenvalue weighted by molar-refractivity contribution is 6.12. The number of rotatable bonds is 5. The van der Waals surface area contributed by atoms with Crippen molar-refractivity contribution in [1.29, 1.82) is 0 Å². The van der Waals surface area contributed by atoms with Crippen molar-refractivity contribution in [3.05, 3.63) is 176 Å². The van der Waals surface area contributed by atoms with Gasteiger partial charge in [-0.15, -0.1) is 0 Å². The molecule has 49 heavy (non-hydrogen) atoms. The van der Waals surface area contributed by atoms with Gasteiger partial charge in [0.1, 0.15) is 22.3 Å². The molecule has 0 spiro atoms. The molecule has 2 aromatic heterocycles. The van der Waals surface area contributed by atoms with Crippen molar-refractivity contribution in [3.63, 3.8) is 0 Å². The average Bonchev–Trinajstić information content (AvgIpc) is 3.73. The van der Waals surface area contributed by atoms with Crippen LogP contribution in [0.25, 0.3) is 76.9 Å². The lowest BCUT2D eigenvalue weighted by Gasteiger charge is -2.26. The largest absolute Gasteiger partial charge is 0.456 e. The summed E-state index contributed by atoms with van der Waals surface area (Å²) in [5.74, 6) is 0. The van der Waals surface area contributed by atoms with E-state index in [1.807, 2.05) is 30.3 Å². The van der Waals surface area contributed by atoms with Crippen LogP contribution in [0.3, 0.4) is 0 Å². The molecule has 2 heterocycles. The van der Waals surface area contributed by atoms with Gasteiger partial charge in [-0.1, -0.05) is 115 Å². The molecule has 0 aliphatic rings. The molecule has 3 heteroatoms. The minimum absolute atomic E-state index is 0.434. The smallest absolute Gasteiger partial charge is 0.137 e. The molecular formula is C46H29NO2. The summed E-state index contributed by atoms with van der Waals surface area (Å²) in [5.41, 5.74) is 11.0. The summed E-state index contributed by atoms with van der Waals surface area (Å²) in [7, 11) is 0. The van der Waals surface area contributed by atoms with Crippen LogP contribution in [-0.2, 0) is 0 Å². The first-order valence-electron chi connectivity index (χ1n) is 17.0. The lowest BCUT2D eigenvalue weighted by Crippen LogP contribution is -2.09. The van der Waals surface area contributed by atoms with Crippen molar-refractivity contribution in [2.75, 3.05) is 4.90 Å². The Balaban J connectivity index is 1.10. The van der Waals surface area contributed by atoms with Crippen LogP contribution in [0.4, 0.5) is 17.1 Å². The molecule has 0 aliphatic heterocycles. The number of furan rings is 2. The zero-order valence-electron chi connectivity index (χ0n) is 27.4. The fraction of sp³-hybridized carbons (Fsp3) is 0. The first kappa shape index (κ1) is 26.5. The van der Waals surface area contributed by atoms with E-state index in [1.54, 1.807) is 6.07 Å². The number of hydrogen-bond acceptors (Lipinski definition) is 3. The van der Waals surface area contributed by atoms with Gasteiger partial charge in [0.25, 0.3) is 0 Å². The van der Waals surface area contributed by atoms with E-state index in [2.05, 4.69) is 138 Å². The topological polar surface area (TPSA) is 29.5 Å². The normalized spacial score (nSPS) is 12.0. The number of para-hydroxylation sites is 2. The molecule has 3 nitrogen and oxygen atoms in total. The van der Waals surface area contributed by atoms with E-state index in [9.17, 15) is 0 Å². The van der Waals surface area contributed by atoms with Crippen LogP contribution >= 0.6 is 0 Å². The summed E-state index contributed by atoms with van der Waals surface area (Å²) in [6, 6.07) is 59.4. The summed E-state index contributed by atoms with van der Waals surface area (Å²) in [4.78, 5) is 2.27. The van der Waals surface area contributed by atoms with Crippen molar-refractivity contribution >= 4 is 71.7 Å². The Kier molecular flexibility index (Phi) is 5.95. The van der Waals surface area contributed by atoms with E-state index in [0.717, 1.165) is 72.1 Å². The minimum Gasteiger partial charge on any atom is -0.456 e. The second-order valence-corrected chi connectivity index (χ2v) is 12.4. The Morgan fingerprint density at radius 1 is 0.388 bits per heavy atom. The van der Waals surface area contributed by atoms with Gasteiger partial charge < -0.3 is 13.7 Å². The zero-order valence-corrected chi connectivity index (χ0v) is 26.4. The molecule has 10 aromatic rings. The molecule has 0 saturated heterocycles. The molecule has 0 fully saturated rings. The summed E-state index contributed by atoms with van der Waals surface area (Å²) in [6.07, 6.45) is 0. The lowest BCUT2D eigenvalue weighted by atomic mass is 9.97. The van der Waals surface area contributed by atoms with Crippen molar-refractivity contribution in [3.8, 4) is 22.3 Å². The third kappa shape index (κ3) is 4.51. The minimum atomic E-state index is 0.434. The van der Waals surface area contributed by atoms with Gasteiger partial charge in [0.15, 0.2) is 0 Å². The maximum absolute atomic E-state index is 8.09. The van der Waals surface area contributed by atoms with Crippen LogP contribution in [0.5, 0.6) is 0 Å². The van der Waals surface area contributed by atoms with Crippen molar-refractivity contribution in [1.82, 2.24) is 0 Å². The van der Waals surface area contributed by atoms with Gasteiger partial charge in [-0.2, -0.15) is 0 Å². The van der Waals surface area contributed by atoms with Crippen LogP contribution in [0.15, 0.2) is 185 Å². The SMILES string of the molecule is [2H]c1ccc2c(c1)oc1cc(N(c3ccc(-c4cccc5ccccc45)cc3)c3ccc(-c4cccc5oc6ccccc6c45)cc3)ccc12. The van der Waals surface area contributed by atoms with Gasteiger partial charge in [-0.05, 0) is 87.6 Å². The summed E-state index contributed by atoms with van der Waals surface area (Å²) in [6.45, 7) is 0. The molecule has 0 bridgehead atoms. The van der Waals surface area contributed by atoms with Gasteiger partial charge >= 0.3 is 0 Å². The van der Waals surface area contributed by atoms with Gasteiger partial charge in [-0.25, -0.2) is 0 Å². The van der Waals surface area contributed by atoms with E-state index in [4.69, 9.17) is 10.2 Å². The standard InChI is InChI=1S/C46H29NO2/c1-2-11-36-30(9-1)10-7-14-37(36)31-19-23-33(24-20-31)47(35-27-28-40-39-12-3-5-16-42(39)49-45(40)29-35)34-25-21-32(22-26-34)38-15-8-18-44-46(38)41-13-4-6-17-43(41)48-44/h1-29H/i5D. The Morgan fingerprint density at radius 3 is 1.80 bits per heavy atom. The number of fused-ring (bicyclic) bond motifs is 7. The number of anilines is 3. The van der Waals surface area contributed by atoms with E-state index in [1.165, 1.54) is 21.9 Å². The van der Waals surface area contributed by atoms with Crippen molar-refractivity contribution in [2.24, 2.45) is 0 Å². The van der Waals surface area contributed by atoms with Crippen molar-refractivity contribution in [2.45, 2.75) is 0 Å². The van der Waals surface area contributed by atoms with E-state index in [0.29, 0.717) is 6.04 Å². The Morgan fingerprint density at radius 2 is 0.959 bits per heavy atom. The third-order valence-corrected chi connectivity index (χ3v) is 9.62. The molecule has 230 valence electrons. The molecule has 0 amide bonds. The molecule has 0 aliphatic carbocycles. The second-order valence-electron chi connectivity index (χ2n) is 12.4. The van der Waals surface area contributed by atoms with Gasteiger partial charge in [0.05, 0.1) is 1.37 Å². The maximum atomic E-state index is 8.09. The Labute approximate surface area is 284 Å². The molecule has 8 aromatic carbocycles. The third-order valence-electron chi connectivity index (χ3n) is 9.62. The first-order valence-corrected chi connectivity index (χ1v) is 16.5. The molecule has 0 N–H and O–H groups in total. The predicted octanol–water partition coefficient (Wildman–Crippen LogP) is 13.4. The van der Waals surface area contributed by atoms with Gasteiger partial charge in [0, 0.05) is 44.7 Å². The monoisotopic (exact) mass is 628 g/mol. The van der Waals surface area contributed by atoms with E-state index >= 15 is 0 Å². The Hall–Kier alpha value is -6.58. The highest BCUT2D eigenvalue weighted by Crippen LogP contribution is 2.42. The van der Waals surface area contributed by atoms with Crippen LogP contribution in [-0.4, -0.2) is 0 Å². The van der Waals surface area contributed by atoms with Crippen LogP contribution < -0.4 is 4.90 Å². The zero-order chi connectivity index (χ0) is 33.2. The molecule has 0 unspecified atom stereocenters. The average molecular weight is 629 g/mol. The quantitative estimate of drug-likeness (QED) is 0.190. The van der Waals surface area contributed by atoms with E-state index < -0.39 is 0 Å². The molecule has 10 rings (SSSR count). The Bertz CT molecular complexity index is 2880. The lowest BCUT2D eigenvalue weighted by molar-refractivity contribution is 0.668. The molecule has 0 saturated carbocycles. The van der Waals surface area contributed by atoms with Crippen LogP contribution in [0.1, 0.15) is 1.37 Å². The first-order chi connectivity index (χ1) is 24.7. The summed E-state index contributed by atoms with van der Waals surface area (Å²) < 4.78 is 20.6. The fourth-order valence-corrected chi connectivity index (χ4v) is 7.32. The van der Waals surface area contributed by atoms with Crippen LogP contribution in [0, 0.1) is 0 Å². The number of hydrogen-bond donors (Lipinski definition) is 0. The molecule has 0 radical (unpaired) electrons. The highest BCUT2D eigenvalue weighted by atomic mass is 16.3. The maximum Gasteiger partial charge on any atom is 0.137 e. The number of benzene rings is 8. The van der Waals surface area contributed by atoms with E-state index in [-0.39, 0.29) is 0 Å². The fourth-order valence-electron chi connectivity index (χ4n) is 7.32. The summed E-state index contributed by atoms with van der Waals surface area (Å²) >= 11 is 0. The van der Waals surface area contributed by atoms with Gasteiger partial charge in [-0.3, -0.25) is 0 Å². The number of nitrogens with zero attached hydrogens (tertiary/aromatic N) is 1. The van der Waals surface area contributed by atoms with Gasteiger partial charge in [0.2, 0.25) is 0 Å². The molecule has 0 atom stereocenters.